The van der Waals surface area contributed by atoms with Gasteiger partial charge in [0.15, 0.2) is 0 Å². The number of carbonyl (C=O) groups excluding carboxylic acids is 1. The molecular weight excluding hydrogens is 436 g/mol. The summed E-state index contributed by atoms with van der Waals surface area (Å²) in [5.74, 6) is 6.33. The molecule has 3 rings (SSSR count). The number of benzene rings is 2. The van der Waals surface area contributed by atoms with E-state index in [1.54, 1.807) is 13.2 Å². The largest absolute Gasteiger partial charge is 0.497 e. The fourth-order valence-electron chi connectivity index (χ4n) is 2.55. The summed E-state index contributed by atoms with van der Waals surface area (Å²) in [4.78, 5) is 22.7. The molecule has 32 heavy (non-hydrogen) atoms. The van der Waals surface area contributed by atoms with Crippen LogP contribution < -0.4 is 21.3 Å². The highest BCUT2D eigenvalue weighted by atomic mass is 32.2. The van der Waals surface area contributed by atoms with Crippen molar-refractivity contribution in [2.45, 2.75) is 12.1 Å². The zero-order valence-corrected chi connectivity index (χ0v) is 18.0. The first-order valence-corrected chi connectivity index (χ1v) is 10.2. The van der Waals surface area contributed by atoms with Gasteiger partial charge in [0, 0.05) is 11.6 Å². The van der Waals surface area contributed by atoms with E-state index in [9.17, 15) is 14.9 Å². The van der Waals surface area contributed by atoms with Crippen molar-refractivity contribution < 1.29 is 14.5 Å². The van der Waals surface area contributed by atoms with Crippen molar-refractivity contribution in [3.63, 3.8) is 0 Å². The number of amides is 1. The Morgan fingerprint density at radius 3 is 2.81 bits per heavy atom. The Bertz CT molecular complexity index is 1160. The van der Waals surface area contributed by atoms with Crippen LogP contribution in [0.2, 0.25) is 0 Å². The van der Waals surface area contributed by atoms with Gasteiger partial charge in [0.2, 0.25) is 11.1 Å². The molecule has 0 spiro atoms. The Labute approximate surface area is 187 Å². The van der Waals surface area contributed by atoms with E-state index < -0.39 is 10.8 Å². The molecule has 0 aliphatic heterocycles. The van der Waals surface area contributed by atoms with Crippen LogP contribution in [0.1, 0.15) is 12.5 Å². The molecule has 4 N–H and O–H groups in total. The van der Waals surface area contributed by atoms with Crippen molar-refractivity contribution in [1.29, 1.82) is 0 Å². The van der Waals surface area contributed by atoms with Gasteiger partial charge in [-0.2, -0.15) is 5.10 Å². The molecule has 1 aromatic heterocycles. The number of hydrazone groups is 1. The Morgan fingerprint density at radius 2 is 2.06 bits per heavy atom. The van der Waals surface area contributed by atoms with Gasteiger partial charge in [-0.05, 0) is 25.1 Å². The molecule has 1 amide bonds. The van der Waals surface area contributed by atoms with Crippen molar-refractivity contribution >= 4 is 40.7 Å². The Kier molecular flexibility index (Phi) is 7.23. The minimum absolute atomic E-state index is 0.0759. The Morgan fingerprint density at radius 1 is 1.28 bits per heavy atom. The Balaban J connectivity index is 1.60. The highest BCUT2D eigenvalue weighted by Crippen LogP contribution is 2.24. The number of hydrogen-bond acceptors (Lipinski definition) is 10. The van der Waals surface area contributed by atoms with Gasteiger partial charge in [-0.15, -0.1) is 10.2 Å². The molecule has 2 aromatic carbocycles. The van der Waals surface area contributed by atoms with Crippen LogP contribution in [-0.2, 0) is 4.79 Å². The molecule has 0 saturated carbocycles. The zero-order chi connectivity index (χ0) is 23.1. The van der Waals surface area contributed by atoms with E-state index in [0.717, 1.165) is 22.0 Å². The predicted octanol–water partition coefficient (Wildman–Crippen LogP) is 2.48. The number of thioether (sulfide) groups is 1. The number of nitrogens with one attached hydrogen (secondary N) is 2. The first kappa shape index (κ1) is 22.6. The van der Waals surface area contributed by atoms with Gasteiger partial charge in [-0.25, -0.2) is 10.1 Å². The summed E-state index contributed by atoms with van der Waals surface area (Å²) >= 11 is 1.02. The van der Waals surface area contributed by atoms with Crippen molar-refractivity contribution in [3.8, 4) is 5.75 Å². The summed E-state index contributed by atoms with van der Waals surface area (Å²) < 4.78 is 6.36. The lowest BCUT2D eigenvalue weighted by Crippen LogP contribution is -2.17. The summed E-state index contributed by atoms with van der Waals surface area (Å²) in [5, 5.41) is 25.9. The molecule has 0 saturated heterocycles. The molecule has 12 nitrogen and oxygen atoms in total. The molecule has 0 atom stereocenters. The number of nitrogens with zero attached hydrogens (tertiary/aromatic N) is 5. The number of methoxy groups -OCH3 is 1. The molecule has 0 aliphatic carbocycles. The van der Waals surface area contributed by atoms with Crippen LogP contribution in [0.3, 0.4) is 0 Å². The van der Waals surface area contributed by atoms with Crippen molar-refractivity contribution in [3.05, 3.63) is 64.2 Å². The number of para-hydroxylation sites is 2. The lowest BCUT2D eigenvalue weighted by atomic mass is 10.1. The van der Waals surface area contributed by atoms with E-state index in [2.05, 4.69) is 26.0 Å². The number of anilines is 2. The van der Waals surface area contributed by atoms with Gasteiger partial charge in [-0.3, -0.25) is 14.9 Å². The normalized spacial score (nSPS) is 11.1. The van der Waals surface area contributed by atoms with E-state index >= 15 is 0 Å². The van der Waals surface area contributed by atoms with Gasteiger partial charge in [0.05, 0.1) is 23.5 Å². The maximum atomic E-state index is 12.2. The maximum absolute atomic E-state index is 12.2. The number of nitro groups is 1. The van der Waals surface area contributed by atoms with Crippen molar-refractivity contribution in [2.24, 2.45) is 5.10 Å². The van der Waals surface area contributed by atoms with Crippen molar-refractivity contribution in [2.75, 3.05) is 29.4 Å². The van der Waals surface area contributed by atoms with Crippen LogP contribution in [0.5, 0.6) is 5.75 Å². The average Bonchev–Trinajstić information content (AvgIpc) is 3.15. The summed E-state index contributed by atoms with van der Waals surface area (Å²) in [6.07, 6.45) is 0. The molecule has 1 heterocycles. The summed E-state index contributed by atoms with van der Waals surface area (Å²) in [5.41, 5.74) is 4.18. The smallest absolute Gasteiger partial charge is 0.292 e. The van der Waals surface area contributed by atoms with Crippen LogP contribution in [0.4, 0.5) is 17.3 Å². The summed E-state index contributed by atoms with van der Waals surface area (Å²) in [6.45, 7) is 1.81. The number of aromatic nitrogens is 3. The lowest BCUT2D eigenvalue weighted by Gasteiger charge is -2.06. The molecular formula is C19H20N8O4S. The minimum atomic E-state index is -0.564. The topological polar surface area (TPSA) is 163 Å². The quantitative estimate of drug-likeness (QED) is 0.144. The molecule has 0 bridgehead atoms. The number of ether oxygens (including phenoxy) is 1. The van der Waals surface area contributed by atoms with Crippen LogP contribution in [0, 0.1) is 10.1 Å². The minimum Gasteiger partial charge on any atom is -0.497 e. The monoisotopic (exact) mass is 456 g/mol. The number of nitrogen functional groups attached to an aromatic ring is 1. The molecule has 0 aliphatic rings. The molecule has 3 aromatic rings. The number of rotatable bonds is 9. The fraction of sp³-hybridized carbons (Fsp3) is 0.158. The van der Waals surface area contributed by atoms with Gasteiger partial charge < -0.3 is 15.9 Å². The van der Waals surface area contributed by atoms with Gasteiger partial charge >= 0.3 is 0 Å². The first-order chi connectivity index (χ1) is 15.4. The lowest BCUT2D eigenvalue weighted by molar-refractivity contribution is -0.383. The number of hydrogen-bond donors (Lipinski definition) is 3. The van der Waals surface area contributed by atoms with Crippen molar-refractivity contribution in [1.82, 2.24) is 14.9 Å². The van der Waals surface area contributed by atoms with Gasteiger partial charge in [0.25, 0.3) is 11.6 Å². The van der Waals surface area contributed by atoms with Crippen LogP contribution in [-0.4, -0.2) is 44.3 Å². The van der Waals surface area contributed by atoms with E-state index in [1.807, 2.05) is 31.2 Å². The van der Waals surface area contributed by atoms with E-state index in [4.69, 9.17) is 10.6 Å². The highest BCUT2D eigenvalue weighted by molar-refractivity contribution is 7.99. The summed E-state index contributed by atoms with van der Waals surface area (Å²) in [6, 6.07) is 13.3. The molecule has 166 valence electrons. The third kappa shape index (κ3) is 5.51. The number of nitro benzene ring substituents is 1. The second-order valence-corrected chi connectivity index (χ2v) is 7.27. The van der Waals surface area contributed by atoms with Crippen LogP contribution >= 0.6 is 11.8 Å². The third-order valence-corrected chi connectivity index (χ3v) is 5.13. The van der Waals surface area contributed by atoms with Crippen LogP contribution in [0.15, 0.2) is 58.8 Å². The maximum Gasteiger partial charge on any atom is 0.292 e. The van der Waals surface area contributed by atoms with E-state index in [-0.39, 0.29) is 28.2 Å². The predicted molar refractivity (Wildman–Crippen MR) is 121 cm³/mol. The second kappa shape index (κ2) is 10.3. The molecule has 0 radical (unpaired) electrons. The molecule has 0 unspecified atom stereocenters. The molecule has 13 heteroatoms. The third-order valence-electron chi connectivity index (χ3n) is 4.18. The fourth-order valence-corrected chi connectivity index (χ4v) is 3.21. The zero-order valence-electron chi connectivity index (χ0n) is 17.2. The van der Waals surface area contributed by atoms with Gasteiger partial charge in [-0.1, -0.05) is 36.0 Å². The first-order valence-electron chi connectivity index (χ1n) is 9.20. The number of carbonyl (C=O) groups is 1. The SMILES string of the molecule is COc1cccc(/C(C)=N/Nc2nnc(SCC(=O)Nc3ccccc3[N+](=O)[O-])n2N)c1. The summed E-state index contributed by atoms with van der Waals surface area (Å²) in [7, 11) is 1.58. The van der Waals surface area contributed by atoms with Gasteiger partial charge in [0.1, 0.15) is 11.4 Å². The molecule has 0 fully saturated rings. The average molecular weight is 456 g/mol. The van der Waals surface area contributed by atoms with Crippen LogP contribution in [0.25, 0.3) is 0 Å². The van der Waals surface area contributed by atoms with E-state index in [1.165, 1.54) is 18.2 Å². The Hall–Kier alpha value is -4.13. The standard InChI is InChI=1S/C19H20N8O4S/c1-12(13-6-5-7-14(10-13)31-2)22-23-18-24-25-19(26(18)20)32-11-17(28)21-15-8-3-4-9-16(15)27(29)30/h3-10H,11,20H2,1-2H3,(H,21,28)(H,23,24)/b22-12+. The van der Waals surface area contributed by atoms with E-state index in [0.29, 0.717) is 11.5 Å². The number of nitrogens with two attached hydrogens (primary N) is 1. The highest BCUT2D eigenvalue weighted by Gasteiger charge is 2.16. The second-order valence-electron chi connectivity index (χ2n) is 6.33.